The van der Waals surface area contributed by atoms with Crippen molar-refractivity contribution in [3.8, 4) is 0 Å². The Bertz CT molecular complexity index is 654. The van der Waals surface area contributed by atoms with Crippen molar-refractivity contribution < 1.29 is 19.5 Å². The molecule has 7 nitrogen and oxygen atoms in total. The van der Waals surface area contributed by atoms with Gasteiger partial charge in [-0.15, -0.1) is 0 Å². The van der Waals surface area contributed by atoms with Gasteiger partial charge in [-0.1, -0.05) is 30.3 Å². The number of benzene rings is 1. The molecule has 3 amide bonds. The van der Waals surface area contributed by atoms with Crippen molar-refractivity contribution in [3.05, 3.63) is 35.9 Å². The fraction of sp³-hybridized carbons (Fsp3) is 0.526. The van der Waals surface area contributed by atoms with Gasteiger partial charge in [0.15, 0.2) is 0 Å². The summed E-state index contributed by atoms with van der Waals surface area (Å²) in [5, 5.41) is 12.5. The number of likely N-dealkylation sites (tertiary alicyclic amines) is 1. The highest BCUT2D eigenvalue weighted by Crippen LogP contribution is 2.24. The molecule has 0 aliphatic carbocycles. The lowest BCUT2D eigenvalue weighted by molar-refractivity contribution is -0.143. The van der Waals surface area contributed by atoms with Gasteiger partial charge >= 0.3 is 12.0 Å². The second-order valence-electron chi connectivity index (χ2n) is 7.16. The molecule has 1 atom stereocenters. The Labute approximate surface area is 154 Å². The first-order valence-electron chi connectivity index (χ1n) is 8.78. The van der Waals surface area contributed by atoms with E-state index in [0.717, 1.165) is 0 Å². The van der Waals surface area contributed by atoms with E-state index in [1.165, 1.54) is 4.90 Å². The Morgan fingerprint density at radius 3 is 2.27 bits per heavy atom. The van der Waals surface area contributed by atoms with Crippen LogP contribution < -0.4 is 5.32 Å². The molecular formula is C19H27N3O4. The number of carboxylic acid groups (broad SMARTS) is 1. The topological polar surface area (TPSA) is 90.0 Å². The molecule has 1 saturated heterocycles. The van der Waals surface area contributed by atoms with E-state index in [1.54, 1.807) is 50.2 Å². The SMILES string of the molecule is CN(C)C(=O)N1CCC(C(=O)NCC(C)(C(=O)O)c2ccccc2)CC1. The number of piperidine rings is 1. The van der Waals surface area contributed by atoms with Gasteiger partial charge in [-0.2, -0.15) is 0 Å². The summed E-state index contributed by atoms with van der Waals surface area (Å²) in [6, 6.07) is 8.86. The smallest absolute Gasteiger partial charge is 0.319 e. The van der Waals surface area contributed by atoms with E-state index in [1.807, 2.05) is 6.07 Å². The van der Waals surface area contributed by atoms with Crippen LogP contribution in [-0.2, 0) is 15.0 Å². The molecule has 26 heavy (non-hydrogen) atoms. The number of hydrogen-bond acceptors (Lipinski definition) is 3. The lowest BCUT2D eigenvalue weighted by Gasteiger charge is -2.33. The molecule has 0 bridgehead atoms. The van der Waals surface area contributed by atoms with Crippen molar-refractivity contribution >= 4 is 17.9 Å². The van der Waals surface area contributed by atoms with E-state index < -0.39 is 11.4 Å². The Morgan fingerprint density at radius 1 is 1.19 bits per heavy atom. The van der Waals surface area contributed by atoms with Gasteiger partial charge in [0.1, 0.15) is 5.41 Å². The average Bonchev–Trinajstić information content (AvgIpc) is 2.65. The number of rotatable bonds is 5. The van der Waals surface area contributed by atoms with Crippen molar-refractivity contribution in [1.29, 1.82) is 0 Å². The molecule has 1 unspecified atom stereocenters. The Hall–Kier alpha value is -2.57. The van der Waals surface area contributed by atoms with Crippen LogP contribution in [0.4, 0.5) is 4.79 Å². The lowest BCUT2D eigenvalue weighted by atomic mass is 9.82. The van der Waals surface area contributed by atoms with Gasteiger partial charge in [-0.05, 0) is 25.3 Å². The van der Waals surface area contributed by atoms with E-state index in [2.05, 4.69) is 5.32 Å². The summed E-state index contributed by atoms with van der Waals surface area (Å²) in [6.07, 6.45) is 1.17. The molecule has 7 heteroatoms. The summed E-state index contributed by atoms with van der Waals surface area (Å²) in [7, 11) is 3.41. The van der Waals surface area contributed by atoms with Gasteiger partial charge in [-0.25, -0.2) is 4.79 Å². The van der Waals surface area contributed by atoms with Crippen LogP contribution in [0.3, 0.4) is 0 Å². The molecule has 1 aromatic carbocycles. The number of nitrogens with zero attached hydrogens (tertiary/aromatic N) is 2. The van der Waals surface area contributed by atoms with Crippen LogP contribution in [0, 0.1) is 5.92 Å². The van der Waals surface area contributed by atoms with Gasteiger partial charge in [0.05, 0.1) is 0 Å². The number of urea groups is 1. The van der Waals surface area contributed by atoms with Crippen LogP contribution in [0.25, 0.3) is 0 Å². The first-order chi connectivity index (χ1) is 12.3. The molecule has 1 aromatic rings. The third-order valence-corrected chi connectivity index (χ3v) is 5.02. The van der Waals surface area contributed by atoms with E-state index in [-0.39, 0.29) is 24.4 Å². The van der Waals surface area contributed by atoms with Crippen molar-refractivity contribution in [2.75, 3.05) is 33.7 Å². The van der Waals surface area contributed by atoms with Gasteiger partial charge in [0.25, 0.3) is 0 Å². The normalized spacial score (nSPS) is 17.3. The maximum Gasteiger partial charge on any atom is 0.319 e. The summed E-state index contributed by atoms with van der Waals surface area (Å²) in [4.78, 5) is 39.5. The summed E-state index contributed by atoms with van der Waals surface area (Å²) in [6.45, 7) is 2.71. The van der Waals surface area contributed by atoms with Gasteiger partial charge in [-0.3, -0.25) is 9.59 Å². The number of amides is 3. The number of nitrogens with one attached hydrogen (secondary N) is 1. The van der Waals surface area contributed by atoms with Crippen LogP contribution in [0.2, 0.25) is 0 Å². The molecule has 1 aliphatic rings. The van der Waals surface area contributed by atoms with Crippen LogP contribution in [0.5, 0.6) is 0 Å². The molecule has 2 rings (SSSR count). The molecule has 2 N–H and O–H groups in total. The third-order valence-electron chi connectivity index (χ3n) is 5.02. The molecule has 0 saturated carbocycles. The molecule has 1 fully saturated rings. The van der Waals surface area contributed by atoms with E-state index >= 15 is 0 Å². The summed E-state index contributed by atoms with van der Waals surface area (Å²) in [5.41, 5.74) is -0.530. The van der Waals surface area contributed by atoms with Crippen LogP contribution >= 0.6 is 0 Å². The Morgan fingerprint density at radius 2 is 1.77 bits per heavy atom. The highest BCUT2D eigenvalue weighted by molar-refractivity contribution is 5.84. The number of carboxylic acids is 1. The minimum absolute atomic E-state index is 0.0298. The number of carbonyl (C=O) groups excluding carboxylic acids is 2. The average molecular weight is 361 g/mol. The first kappa shape index (κ1) is 19.8. The molecular weight excluding hydrogens is 334 g/mol. The largest absolute Gasteiger partial charge is 0.481 e. The van der Waals surface area contributed by atoms with E-state index in [9.17, 15) is 19.5 Å². The van der Waals surface area contributed by atoms with Crippen molar-refractivity contribution in [1.82, 2.24) is 15.1 Å². The number of aliphatic carboxylic acids is 1. The second-order valence-corrected chi connectivity index (χ2v) is 7.16. The van der Waals surface area contributed by atoms with Crippen molar-refractivity contribution in [2.24, 2.45) is 5.92 Å². The predicted molar refractivity (Wildman–Crippen MR) is 97.8 cm³/mol. The zero-order valence-electron chi connectivity index (χ0n) is 15.6. The minimum atomic E-state index is -1.18. The zero-order valence-corrected chi connectivity index (χ0v) is 15.6. The molecule has 142 valence electrons. The molecule has 0 spiro atoms. The van der Waals surface area contributed by atoms with Crippen LogP contribution in [0.15, 0.2) is 30.3 Å². The maximum atomic E-state index is 12.5. The quantitative estimate of drug-likeness (QED) is 0.832. The number of carbonyl (C=O) groups is 3. The summed E-state index contributed by atoms with van der Waals surface area (Å²) in [5.74, 6) is -1.32. The highest BCUT2D eigenvalue weighted by Gasteiger charge is 2.36. The van der Waals surface area contributed by atoms with Crippen LogP contribution in [-0.4, -0.2) is 66.5 Å². The predicted octanol–water partition coefficient (Wildman–Crippen LogP) is 1.54. The fourth-order valence-electron chi connectivity index (χ4n) is 3.13. The van der Waals surface area contributed by atoms with E-state index in [0.29, 0.717) is 31.5 Å². The van der Waals surface area contributed by atoms with Gasteiger partial charge in [0.2, 0.25) is 5.91 Å². The van der Waals surface area contributed by atoms with Gasteiger partial charge in [0, 0.05) is 39.6 Å². The Kier molecular flexibility index (Phi) is 6.23. The van der Waals surface area contributed by atoms with Gasteiger partial charge < -0.3 is 20.2 Å². The minimum Gasteiger partial charge on any atom is -0.481 e. The van der Waals surface area contributed by atoms with Crippen molar-refractivity contribution in [3.63, 3.8) is 0 Å². The monoisotopic (exact) mass is 361 g/mol. The number of hydrogen-bond donors (Lipinski definition) is 2. The lowest BCUT2D eigenvalue weighted by Crippen LogP contribution is -2.49. The molecule has 0 radical (unpaired) electrons. The van der Waals surface area contributed by atoms with Crippen LogP contribution in [0.1, 0.15) is 25.3 Å². The summed E-state index contributed by atoms with van der Waals surface area (Å²) < 4.78 is 0. The second kappa shape index (κ2) is 8.21. The summed E-state index contributed by atoms with van der Waals surface area (Å²) >= 11 is 0. The molecule has 1 aliphatic heterocycles. The third kappa shape index (κ3) is 4.33. The molecule has 1 heterocycles. The molecule has 0 aromatic heterocycles. The Balaban J connectivity index is 1.94. The highest BCUT2D eigenvalue weighted by atomic mass is 16.4. The standard InChI is InChI=1S/C19H27N3O4/c1-19(17(24)25,15-7-5-4-6-8-15)13-20-16(23)14-9-11-22(12-10-14)18(26)21(2)3/h4-8,14H,9-13H2,1-3H3,(H,20,23)(H,24,25). The van der Waals surface area contributed by atoms with E-state index in [4.69, 9.17) is 0 Å². The maximum absolute atomic E-state index is 12.5. The zero-order chi connectivity index (χ0) is 19.3. The van der Waals surface area contributed by atoms with Crippen molar-refractivity contribution in [2.45, 2.75) is 25.2 Å². The first-order valence-corrected chi connectivity index (χ1v) is 8.78. The fourth-order valence-corrected chi connectivity index (χ4v) is 3.13.